The van der Waals surface area contributed by atoms with Crippen molar-refractivity contribution in [3.05, 3.63) is 101 Å². The van der Waals surface area contributed by atoms with Crippen molar-refractivity contribution in [1.29, 1.82) is 0 Å². The predicted octanol–water partition coefficient (Wildman–Crippen LogP) is 6.75. The third-order valence-electron chi connectivity index (χ3n) is 9.91. The molecule has 3 heterocycles. The first-order valence-corrected chi connectivity index (χ1v) is 17.5. The number of pyridine rings is 1. The van der Waals surface area contributed by atoms with Crippen molar-refractivity contribution in [3.63, 3.8) is 0 Å². The van der Waals surface area contributed by atoms with Gasteiger partial charge in [-0.1, -0.05) is 37.3 Å². The molecule has 0 bridgehead atoms. The number of methoxy groups -OCH3 is 4. The summed E-state index contributed by atoms with van der Waals surface area (Å²) in [5.41, 5.74) is 5.72. The van der Waals surface area contributed by atoms with Gasteiger partial charge < -0.3 is 34.1 Å². The van der Waals surface area contributed by atoms with E-state index in [0.29, 0.717) is 22.8 Å². The number of benzene rings is 3. The minimum absolute atomic E-state index is 0.0457. The van der Waals surface area contributed by atoms with E-state index in [1.54, 1.807) is 40.6 Å². The fraction of sp³-hybridized carbons (Fsp3) is 0.375. The number of H-pyrrole nitrogens is 1. The Kier molecular flexibility index (Phi) is 11.3. The number of aromatic amines is 1. The van der Waals surface area contributed by atoms with Gasteiger partial charge in [0.1, 0.15) is 5.75 Å². The maximum atomic E-state index is 14.3. The molecule has 1 fully saturated rings. The lowest BCUT2D eigenvalue weighted by atomic mass is 9.90. The fourth-order valence-corrected chi connectivity index (χ4v) is 7.27. The average Bonchev–Trinajstić information content (AvgIpc) is 3.60. The predicted molar refractivity (Wildman–Crippen MR) is 199 cm³/mol. The SMILES string of the molecule is CCC(c1ccc(OC)cc1)C(N1CCC(Nc2nc3c(Cc4ccccn4)cccc3[nH]2)CC1)N(C)C(=O)c1cc(OC)c(OC)c(OC)c1. The number of likely N-dealkylation sites (N-methyl/N-ethyl adjacent to an activating group) is 1. The van der Waals surface area contributed by atoms with Crippen molar-refractivity contribution in [2.45, 2.75) is 50.7 Å². The van der Waals surface area contributed by atoms with Gasteiger partial charge in [0.05, 0.1) is 45.6 Å². The van der Waals surface area contributed by atoms with E-state index >= 15 is 0 Å². The van der Waals surface area contributed by atoms with E-state index in [1.807, 2.05) is 48.5 Å². The van der Waals surface area contributed by atoms with Crippen LogP contribution in [0.15, 0.2) is 79.0 Å². The summed E-state index contributed by atoms with van der Waals surface area (Å²) in [6, 6.07) is 24.1. The first-order chi connectivity index (χ1) is 24.9. The molecular formula is C40H48N6O5. The lowest BCUT2D eigenvalue weighted by molar-refractivity contribution is 0.0200. The minimum Gasteiger partial charge on any atom is -0.497 e. The largest absolute Gasteiger partial charge is 0.497 e. The summed E-state index contributed by atoms with van der Waals surface area (Å²) < 4.78 is 22.1. The summed E-state index contributed by atoms with van der Waals surface area (Å²) in [6.07, 6.45) is 4.94. The number of fused-ring (bicyclic) bond motifs is 1. The number of hydrogen-bond acceptors (Lipinski definition) is 9. The highest BCUT2D eigenvalue weighted by molar-refractivity contribution is 5.95. The van der Waals surface area contributed by atoms with Crippen LogP contribution in [0.1, 0.15) is 59.3 Å². The van der Waals surface area contributed by atoms with Gasteiger partial charge in [0.25, 0.3) is 5.91 Å². The van der Waals surface area contributed by atoms with Gasteiger partial charge in [0.2, 0.25) is 11.7 Å². The first kappa shape index (κ1) is 35.5. The van der Waals surface area contributed by atoms with Crippen LogP contribution in [0.4, 0.5) is 5.95 Å². The Hall–Kier alpha value is -5.29. The minimum atomic E-state index is -0.212. The molecule has 2 unspecified atom stereocenters. The van der Waals surface area contributed by atoms with Crippen LogP contribution in [0, 0.1) is 0 Å². The number of rotatable bonds is 14. The monoisotopic (exact) mass is 692 g/mol. The summed E-state index contributed by atoms with van der Waals surface area (Å²) in [7, 11) is 8.23. The summed E-state index contributed by atoms with van der Waals surface area (Å²) in [4.78, 5) is 31.6. The van der Waals surface area contributed by atoms with Crippen LogP contribution >= 0.6 is 0 Å². The molecule has 11 nitrogen and oxygen atoms in total. The van der Waals surface area contributed by atoms with Crippen molar-refractivity contribution in [2.24, 2.45) is 0 Å². The second kappa shape index (κ2) is 16.2. The van der Waals surface area contributed by atoms with Crippen molar-refractivity contribution in [3.8, 4) is 23.0 Å². The van der Waals surface area contributed by atoms with Crippen LogP contribution < -0.4 is 24.3 Å². The van der Waals surface area contributed by atoms with E-state index in [2.05, 4.69) is 57.4 Å². The number of nitrogens with zero attached hydrogens (tertiary/aromatic N) is 4. The Morgan fingerprint density at radius 1 is 0.941 bits per heavy atom. The third-order valence-corrected chi connectivity index (χ3v) is 9.91. The Morgan fingerprint density at radius 2 is 1.67 bits per heavy atom. The van der Waals surface area contributed by atoms with Crippen LogP contribution in [0.25, 0.3) is 11.0 Å². The molecule has 51 heavy (non-hydrogen) atoms. The van der Waals surface area contributed by atoms with E-state index in [0.717, 1.165) is 78.3 Å². The Bertz CT molecular complexity index is 1880. The van der Waals surface area contributed by atoms with E-state index in [4.69, 9.17) is 23.9 Å². The smallest absolute Gasteiger partial charge is 0.255 e. The topological polar surface area (TPSA) is 114 Å². The number of amides is 1. The molecule has 3 aromatic carbocycles. The molecule has 0 spiro atoms. The molecule has 1 saturated heterocycles. The lowest BCUT2D eigenvalue weighted by Crippen LogP contribution is -2.55. The van der Waals surface area contributed by atoms with Crippen LogP contribution in [0.3, 0.4) is 0 Å². The Morgan fingerprint density at radius 3 is 2.27 bits per heavy atom. The van der Waals surface area contributed by atoms with Gasteiger partial charge in [0.15, 0.2) is 11.5 Å². The maximum Gasteiger partial charge on any atom is 0.255 e. The van der Waals surface area contributed by atoms with Gasteiger partial charge in [0, 0.05) is 56.0 Å². The van der Waals surface area contributed by atoms with Crippen LogP contribution in [0.5, 0.6) is 23.0 Å². The van der Waals surface area contributed by atoms with E-state index < -0.39 is 0 Å². The summed E-state index contributed by atoms with van der Waals surface area (Å²) in [5.74, 6) is 2.81. The van der Waals surface area contributed by atoms with E-state index in [-0.39, 0.29) is 24.0 Å². The Labute approximate surface area is 299 Å². The highest BCUT2D eigenvalue weighted by Gasteiger charge is 2.36. The fourth-order valence-electron chi connectivity index (χ4n) is 7.27. The molecule has 0 saturated carbocycles. The molecule has 11 heteroatoms. The number of hydrogen-bond donors (Lipinski definition) is 2. The van der Waals surface area contributed by atoms with Crippen molar-refractivity contribution in [2.75, 3.05) is 53.9 Å². The van der Waals surface area contributed by atoms with Gasteiger partial charge in [-0.05, 0) is 72.9 Å². The normalized spacial score (nSPS) is 14.9. The molecule has 0 radical (unpaired) electrons. The van der Waals surface area contributed by atoms with Gasteiger partial charge in [-0.25, -0.2) is 4.98 Å². The van der Waals surface area contributed by atoms with E-state index in [1.165, 1.54) is 0 Å². The van der Waals surface area contributed by atoms with E-state index in [9.17, 15) is 4.79 Å². The number of para-hydroxylation sites is 1. The summed E-state index contributed by atoms with van der Waals surface area (Å²) >= 11 is 0. The van der Waals surface area contributed by atoms with Gasteiger partial charge in [-0.15, -0.1) is 0 Å². The molecule has 268 valence electrons. The highest BCUT2D eigenvalue weighted by atomic mass is 16.5. The van der Waals surface area contributed by atoms with Crippen LogP contribution in [0.2, 0.25) is 0 Å². The van der Waals surface area contributed by atoms with Crippen molar-refractivity contribution < 1.29 is 23.7 Å². The summed E-state index contributed by atoms with van der Waals surface area (Å²) in [5, 5.41) is 3.68. The molecular weight excluding hydrogens is 644 g/mol. The van der Waals surface area contributed by atoms with Crippen LogP contribution in [-0.4, -0.2) is 91.4 Å². The molecule has 0 aliphatic carbocycles. The van der Waals surface area contributed by atoms with Gasteiger partial charge in [-0.2, -0.15) is 0 Å². The first-order valence-electron chi connectivity index (χ1n) is 17.5. The number of ether oxygens (including phenoxy) is 4. The molecule has 1 aliphatic heterocycles. The zero-order chi connectivity index (χ0) is 35.9. The number of likely N-dealkylation sites (tertiary alicyclic amines) is 1. The zero-order valence-electron chi connectivity index (χ0n) is 30.3. The molecule has 2 atom stereocenters. The number of carbonyl (C=O) groups excluding carboxylic acids is 1. The lowest BCUT2D eigenvalue weighted by Gasteiger charge is -2.45. The second-order valence-corrected chi connectivity index (χ2v) is 12.9. The molecule has 1 amide bonds. The molecule has 2 aromatic heterocycles. The maximum absolute atomic E-state index is 14.3. The van der Waals surface area contributed by atoms with Crippen molar-refractivity contribution >= 4 is 22.9 Å². The third kappa shape index (κ3) is 7.73. The average molecular weight is 693 g/mol. The molecule has 5 aromatic rings. The second-order valence-electron chi connectivity index (χ2n) is 12.9. The number of anilines is 1. The quantitative estimate of drug-likeness (QED) is 0.130. The molecule has 2 N–H and O–H groups in total. The number of nitrogens with one attached hydrogen (secondary N) is 2. The molecule has 6 rings (SSSR count). The highest BCUT2D eigenvalue weighted by Crippen LogP contribution is 2.39. The standard InChI is InChI=1S/C40H48N6O5/c1-7-32(26-14-16-31(48-3)17-15-26)38(45(2)39(47)28-24-34(49-4)37(51-6)35(25-28)50-5)46-21-18-29(19-22-46)42-40-43-33-13-10-11-27(36(33)44-40)23-30-12-8-9-20-41-30/h8-17,20,24-25,29,32,38H,7,18-19,21-23H2,1-6H3,(H2,42,43,44). The van der Waals surface area contributed by atoms with Gasteiger partial charge in [-0.3, -0.25) is 14.7 Å². The van der Waals surface area contributed by atoms with Gasteiger partial charge >= 0.3 is 0 Å². The number of imidazole rings is 1. The number of piperidine rings is 1. The summed E-state index contributed by atoms with van der Waals surface area (Å²) in [6.45, 7) is 3.78. The Balaban J connectivity index is 1.23. The molecule has 1 aliphatic rings. The van der Waals surface area contributed by atoms with Crippen LogP contribution in [-0.2, 0) is 6.42 Å². The number of aromatic nitrogens is 3. The number of carbonyl (C=O) groups is 1. The van der Waals surface area contributed by atoms with Crippen molar-refractivity contribution in [1.82, 2.24) is 24.8 Å². The zero-order valence-corrected chi connectivity index (χ0v) is 30.3.